The number of carbonyl (C=O) groups excluding carboxylic acids is 2. The van der Waals surface area contributed by atoms with Gasteiger partial charge in [0.15, 0.2) is 6.29 Å². The second kappa shape index (κ2) is 6.52. The van der Waals surface area contributed by atoms with E-state index in [1.54, 1.807) is 22.9 Å². The summed E-state index contributed by atoms with van der Waals surface area (Å²) < 4.78 is 2.62. The fourth-order valence-corrected chi connectivity index (χ4v) is 2.49. The molecule has 0 fully saturated rings. The Morgan fingerprint density at radius 3 is 2.90 bits per heavy atom. The van der Waals surface area contributed by atoms with Crippen molar-refractivity contribution < 1.29 is 9.59 Å². The average Bonchev–Trinajstić information content (AvgIpc) is 2.87. The molecule has 20 heavy (non-hydrogen) atoms. The molecule has 0 atom stereocenters. The Hall–Kier alpha value is -1.88. The van der Waals surface area contributed by atoms with Crippen molar-refractivity contribution in [3.63, 3.8) is 0 Å². The largest absolute Gasteiger partial charge is 0.345 e. The van der Waals surface area contributed by atoms with Crippen molar-refractivity contribution in [3.8, 4) is 0 Å². The van der Waals surface area contributed by atoms with E-state index in [1.165, 1.54) is 0 Å². The molecule has 1 amide bonds. The second-order valence-corrected chi connectivity index (χ2v) is 5.38. The molecule has 0 aliphatic carbocycles. The van der Waals surface area contributed by atoms with Crippen molar-refractivity contribution in [3.05, 3.63) is 52.3 Å². The van der Waals surface area contributed by atoms with Crippen LogP contribution in [0.2, 0.25) is 0 Å². The number of aldehydes is 1. The first-order valence-corrected chi connectivity index (χ1v) is 7.06. The molecule has 5 heteroatoms. The molecule has 0 unspecified atom stereocenters. The zero-order valence-corrected chi connectivity index (χ0v) is 12.7. The number of benzene rings is 1. The van der Waals surface area contributed by atoms with Gasteiger partial charge in [0, 0.05) is 23.6 Å². The first-order valence-electron chi connectivity index (χ1n) is 6.26. The van der Waals surface area contributed by atoms with Gasteiger partial charge in [0.2, 0.25) is 5.91 Å². The van der Waals surface area contributed by atoms with Crippen LogP contribution in [0.1, 0.15) is 22.5 Å². The molecule has 0 spiro atoms. The summed E-state index contributed by atoms with van der Waals surface area (Å²) in [6.07, 6.45) is 2.89. The molecule has 0 aliphatic rings. The van der Waals surface area contributed by atoms with Gasteiger partial charge in [-0.1, -0.05) is 6.07 Å². The Labute approximate surface area is 125 Å². The predicted octanol–water partition coefficient (Wildman–Crippen LogP) is 3.40. The van der Waals surface area contributed by atoms with Gasteiger partial charge < -0.3 is 9.88 Å². The molecule has 0 saturated heterocycles. The van der Waals surface area contributed by atoms with Crippen molar-refractivity contribution in [2.45, 2.75) is 19.9 Å². The van der Waals surface area contributed by atoms with Crippen LogP contribution in [-0.4, -0.2) is 16.8 Å². The van der Waals surface area contributed by atoms with E-state index in [9.17, 15) is 9.59 Å². The van der Waals surface area contributed by atoms with Crippen LogP contribution in [0.3, 0.4) is 0 Å². The normalized spacial score (nSPS) is 10.3. The summed E-state index contributed by atoms with van der Waals surface area (Å²) in [6.45, 7) is 2.47. The van der Waals surface area contributed by atoms with E-state index in [4.69, 9.17) is 0 Å². The van der Waals surface area contributed by atoms with E-state index in [0.29, 0.717) is 18.7 Å². The highest BCUT2D eigenvalue weighted by atomic mass is 79.9. The molecule has 1 heterocycles. The van der Waals surface area contributed by atoms with Gasteiger partial charge >= 0.3 is 0 Å². The van der Waals surface area contributed by atoms with Crippen LogP contribution in [0.15, 0.2) is 41.0 Å². The molecule has 1 aromatic carbocycles. The Balaban J connectivity index is 1.94. The van der Waals surface area contributed by atoms with Crippen molar-refractivity contribution in [2.75, 3.05) is 5.32 Å². The number of hydrogen-bond acceptors (Lipinski definition) is 2. The lowest BCUT2D eigenvalue weighted by atomic mass is 10.2. The number of anilines is 1. The predicted molar refractivity (Wildman–Crippen MR) is 81.9 cm³/mol. The maximum absolute atomic E-state index is 11.9. The Morgan fingerprint density at radius 1 is 1.40 bits per heavy atom. The van der Waals surface area contributed by atoms with Crippen molar-refractivity contribution in [1.29, 1.82) is 0 Å². The van der Waals surface area contributed by atoms with Crippen molar-refractivity contribution >= 4 is 33.8 Å². The topological polar surface area (TPSA) is 51.1 Å². The number of nitrogens with one attached hydrogen (secondary N) is 1. The third kappa shape index (κ3) is 3.57. The van der Waals surface area contributed by atoms with Crippen LogP contribution in [0.4, 0.5) is 5.69 Å². The third-order valence-corrected chi connectivity index (χ3v) is 3.62. The average molecular weight is 335 g/mol. The molecule has 2 rings (SSSR count). The molecular weight excluding hydrogens is 320 g/mol. The molecule has 2 aromatic rings. The number of halogens is 1. The van der Waals surface area contributed by atoms with E-state index >= 15 is 0 Å². The first kappa shape index (κ1) is 14.5. The molecule has 0 saturated carbocycles. The minimum absolute atomic E-state index is 0.0832. The minimum Gasteiger partial charge on any atom is -0.345 e. The molecular formula is C15H15BrN2O2. The minimum atomic E-state index is -0.0832. The summed E-state index contributed by atoms with van der Waals surface area (Å²) in [7, 11) is 0. The van der Waals surface area contributed by atoms with Crippen LogP contribution in [0.25, 0.3) is 0 Å². The summed E-state index contributed by atoms with van der Waals surface area (Å²) in [6, 6.07) is 9.27. The Kier molecular flexibility index (Phi) is 4.74. The molecule has 0 radical (unpaired) electrons. The van der Waals surface area contributed by atoms with Gasteiger partial charge in [0.05, 0.1) is 11.4 Å². The van der Waals surface area contributed by atoms with Gasteiger partial charge in [0.25, 0.3) is 0 Å². The van der Waals surface area contributed by atoms with E-state index in [1.807, 2.05) is 25.1 Å². The maximum atomic E-state index is 11.9. The lowest BCUT2D eigenvalue weighted by Gasteiger charge is -2.09. The quantitative estimate of drug-likeness (QED) is 0.852. The highest BCUT2D eigenvalue weighted by Gasteiger charge is 2.07. The number of carbonyl (C=O) groups is 2. The molecule has 104 valence electrons. The lowest BCUT2D eigenvalue weighted by Crippen LogP contribution is -2.15. The number of aryl methyl sites for hydroxylation is 2. The van der Waals surface area contributed by atoms with Gasteiger partial charge in [-0.25, -0.2) is 0 Å². The standard InChI is InChI=1S/C15H15BrN2O2/c1-11-4-5-14(13(16)9-11)17-15(20)6-8-18-7-2-3-12(18)10-19/h2-5,7,9-10H,6,8H2,1H3,(H,17,20). The van der Waals surface area contributed by atoms with Crippen LogP contribution in [-0.2, 0) is 11.3 Å². The van der Waals surface area contributed by atoms with Crippen molar-refractivity contribution in [2.24, 2.45) is 0 Å². The van der Waals surface area contributed by atoms with Gasteiger partial charge in [-0.2, -0.15) is 0 Å². The maximum Gasteiger partial charge on any atom is 0.226 e. The summed E-state index contributed by atoms with van der Waals surface area (Å²) in [5.74, 6) is -0.0832. The van der Waals surface area contributed by atoms with Crippen molar-refractivity contribution in [1.82, 2.24) is 4.57 Å². The highest BCUT2D eigenvalue weighted by Crippen LogP contribution is 2.23. The van der Waals surface area contributed by atoms with Gasteiger partial charge in [0.1, 0.15) is 0 Å². The van der Waals surface area contributed by atoms with Crippen LogP contribution >= 0.6 is 15.9 Å². The number of hydrogen-bond donors (Lipinski definition) is 1. The van der Waals surface area contributed by atoms with E-state index in [2.05, 4.69) is 21.2 Å². The SMILES string of the molecule is Cc1ccc(NC(=O)CCn2cccc2C=O)c(Br)c1. The van der Waals surface area contributed by atoms with Crippen LogP contribution in [0, 0.1) is 6.92 Å². The Bertz CT molecular complexity index is 635. The highest BCUT2D eigenvalue weighted by molar-refractivity contribution is 9.10. The fourth-order valence-electron chi connectivity index (χ4n) is 1.89. The molecule has 0 aliphatic heterocycles. The van der Waals surface area contributed by atoms with E-state index < -0.39 is 0 Å². The summed E-state index contributed by atoms with van der Waals surface area (Å²) in [5, 5.41) is 2.85. The number of amides is 1. The number of nitrogens with zero attached hydrogens (tertiary/aromatic N) is 1. The summed E-state index contributed by atoms with van der Waals surface area (Å²) in [4.78, 5) is 22.7. The second-order valence-electron chi connectivity index (χ2n) is 4.53. The summed E-state index contributed by atoms with van der Waals surface area (Å²) in [5.41, 5.74) is 2.45. The Morgan fingerprint density at radius 2 is 2.20 bits per heavy atom. The lowest BCUT2D eigenvalue weighted by molar-refractivity contribution is -0.116. The number of rotatable bonds is 5. The van der Waals surface area contributed by atoms with Gasteiger partial charge in [-0.3, -0.25) is 9.59 Å². The molecule has 1 aromatic heterocycles. The fraction of sp³-hybridized carbons (Fsp3) is 0.200. The summed E-state index contributed by atoms with van der Waals surface area (Å²) >= 11 is 3.42. The zero-order chi connectivity index (χ0) is 14.5. The third-order valence-electron chi connectivity index (χ3n) is 2.96. The smallest absolute Gasteiger partial charge is 0.226 e. The van der Waals surface area contributed by atoms with Crippen LogP contribution < -0.4 is 5.32 Å². The van der Waals surface area contributed by atoms with Gasteiger partial charge in [-0.05, 0) is 52.7 Å². The zero-order valence-electron chi connectivity index (χ0n) is 11.1. The molecule has 4 nitrogen and oxygen atoms in total. The van der Waals surface area contributed by atoms with Crippen LogP contribution in [0.5, 0.6) is 0 Å². The van der Waals surface area contributed by atoms with Gasteiger partial charge in [-0.15, -0.1) is 0 Å². The van der Waals surface area contributed by atoms with E-state index in [0.717, 1.165) is 22.0 Å². The molecule has 0 bridgehead atoms. The first-order chi connectivity index (χ1) is 9.60. The monoisotopic (exact) mass is 334 g/mol. The van der Waals surface area contributed by atoms with E-state index in [-0.39, 0.29) is 5.91 Å². The number of aromatic nitrogens is 1. The molecule has 1 N–H and O–H groups in total.